The molecule has 8 aliphatic rings. The molecule has 2 heterocycles. The minimum atomic E-state index is 0.132. The Kier molecular flexibility index (Phi) is 1.76. The van der Waals surface area contributed by atoms with E-state index < -0.39 is 0 Å². The second-order valence-electron chi connectivity index (χ2n) is 10.1. The molecule has 126 valence electrons. The Morgan fingerprint density at radius 2 is 1.00 bits per heavy atom. The minimum Gasteiger partial charge on any atom is -0.462 e. The van der Waals surface area contributed by atoms with E-state index in [-0.39, 0.29) is 36.0 Å². The van der Waals surface area contributed by atoms with E-state index in [0.29, 0.717) is 59.2 Å². The van der Waals surface area contributed by atoms with Crippen LogP contribution in [0, 0.1) is 71.0 Å². The predicted molar refractivity (Wildman–Crippen MR) is 80.1 cm³/mol. The molecule has 0 amide bonds. The molecular weight excluding hydrogens is 304 g/mol. The number of carbonyl (C=O) groups excluding carboxylic acids is 2. The van der Waals surface area contributed by atoms with Crippen LogP contribution in [-0.4, -0.2) is 24.1 Å². The lowest BCUT2D eigenvalue weighted by atomic mass is 9.70. The topological polar surface area (TPSA) is 52.6 Å². The van der Waals surface area contributed by atoms with Crippen LogP contribution in [0.5, 0.6) is 0 Å². The Balaban J connectivity index is 1.41. The number of hydrogen-bond donors (Lipinski definition) is 0. The second kappa shape index (κ2) is 3.43. The van der Waals surface area contributed by atoms with Gasteiger partial charge in [0.05, 0.1) is 11.8 Å². The fraction of sp³-hybridized carbons (Fsp3) is 0.900. The average molecular weight is 326 g/mol. The summed E-state index contributed by atoms with van der Waals surface area (Å²) in [6.07, 6.45) is 4.73. The SMILES string of the molecule is O=C1O[C@@H]2CC[C@@H]3[C@@H]2[C@H]2[C@H]1[C@H]1[C@H]4CC[C@@H]5OC(=O)[C@H]6[C@@H]([C@@H]1[C@@H]2[C@@H]36)[C@@H]45. The van der Waals surface area contributed by atoms with Crippen molar-refractivity contribution in [2.75, 3.05) is 0 Å². The van der Waals surface area contributed by atoms with Crippen molar-refractivity contribution >= 4 is 11.9 Å². The molecular formula is C20H22O4. The van der Waals surface area contributed by atoms with E-state index in [9.17, 15) is 9.59 Å². The third kappa shape index (κ3) is 0.964. The first-order chi connectivity index (χ1) is 11.8. The highest BCUT2D eigenvalue weighted by Crippen LogP contribution is 2.81. The normalized spacial score (nSPS) is 71.5. The van der Waals surface area contributed by atoms with E-state index in [2.05, 4.69) is 0 Å². The van der Waals surface area contributed by atoms with Gasteiger partial charge < -0.3 is 9.47 Å². The Morgan fingerprint density at radius 1 is 0.542 bits per heavy atom. The number of rotatable bonds is 0. The van der Waals surface area contributed by atoms with Crippen LogP contribution in [0.2, 0.25) is 0 Å². The quantitative estimate of drug-likeness (QED) is 0.638. The maximum absolute atomic E-state index is 13.0. The van der Waals surface area contributed by atoms with Gasteiger partial charge in [-0.15, -0.1) is 0 Å². The van der Waals surface area contributed by atoms with Gasteiger partial charge in [0.1, 0.15) is 12.2 Å². The first-order valence-corrected chi connectivity index (χ1v) is 10.2. The van der Waals surface area contributed by atoms with Crippen LogP contribution in [0.1, 0.15) is 25.7 Å². The Hall–Kier alpha value is -1.06. The number of carbonyl (C=O) groups is 2. The van der Waals surface area contributed by atoms with Gasteiger partial charge in [-0.3, -0.25) is 9.59 Å². The lowest BCUT2D eigenvalue weighted by molar-refractivity contribution is -0.175. The van der Waals surface area contributed by atoms with E-state index in [0.717, 1.165) is 12.8 Å². The molecule has 6 aliphatic carbocycles. The lowest BCUT2D eigenvalue weighted by Gasteiger charge is -2.40. The first-order valence-electron chi connectivity index (χ1n) is 10.2. The zero-order chi connectivity index (χ0) is 15.5. The van der Waals surface area contributed by atoms with Gasteiger partial charge in [-0.25, -0.2) is 0 Å². The highest BCUT2D eigenvalue weighted by Gasteiger charge is 2.82. The van der Waals surface area contributed by atoms with Crippen molar-refractivity contribution in [1.82, 2.24) is 0 Å². The van der Waals surface area contributed by atoms with Crippen LogP contribution >= 0.6 is 0 Å². The van der Waals surface area contributed by atoms with E-state index in [1.165, 1.54) is 12.8 Å². The standard InChI is InChI=1S/C20H22O4/c21-19-17-11-5-1-3-7-9(5)13-15(11)16-12(18(13)20(22)23-7)6-2-4-8(24-19)10(6)14(16)17/h5-18H,1-4H2/t5-,6+,7-,8+,9-,10-,11-,12+,13+,14+,15+,16+,17+,18+/m0/s1. The van der Waals surface area contributed by atoms with E-state index in [4.69, 9.17) is 9.47 Å². The first kappa shape index (κ1) is 12.3. The van der Waals surface area contributed by atoms with Crippen molar-refractivity contribution in [2.45, 2.75) is 37.9 Å². The van der Waals surface area contributed by atoms with Crippen LogP contribution in [-0.2, 0) is 19.1 Å². The zero-order valence-corrected chi connectivity index (χ0v) is 13.5. The van der Waals surface area contributed by atoms with Crippen LogP contribution in [0.25, 0.3) is 0 Å². The van der Waals surface area contributed by atoms with Gasteiger partial charge in [-0.2, -0.15) is 0 Å². The number of esters is 2. The molecule has 24 heavy (non-hydrogen) atoms. The summed E-state index contributed by atoms with van der Waals surface area (Å²) in [4.78, 5) is 25.9. The molecule has 0 aromatic heterocycles. The summed E-state index contributed by atoms with van der Waals surface area (Å²) in [5.74, 6) is 6.37. The van der Waals surface area contributed by atoms with E-state index in [1.807, 2.05) is 0 Å². The zero-order valence-electron chi connectivity index (χ0n) is 13.5. The number of ether oxygens (including phenoxy) is 2. The van der Waals surface area contributed by atoms with E-state index in [1.54, 1.807) is 0 Å². The van der Waals surface area contributed by atoms with Crippen molar-refractivity contribution < 1.29 is 19.1 Å². The van der Waals surface area contributed by atoms with Gasteiger partial charge in [-0.1, -0.05) is 0 Å². The molecule has 2 aliphatic heterocycles. The molecule has 0 bridgehead atoms. The third-order valence-electron chi connectivity index (χ3n) is 10.3. The highest BCUT2D eigenvalue weighted by molar-refractivity contribution is 5.79. The van der Waals surface area contributed by atoms with Crippen LogP contribution in [0.3, 0.4) is 0 Å². The van der Waals surface area contributed by atoms with Crippen LogP contribution in [0.4, 0.5) is 0 Å². The molecule has 4 nitrogen and oxygen atoms in total. The summed E-state index contributed by atoms with van der Waals surface area (Å²) in [6, 6.07) is 0. The molecule has 6 saturated carbocycles. The molecule has 8 fully saturated rings. The van der Waals surface area contributed by atoms with Gasteiger partial charge in [0.2, 0.25) is 0 Å². The second-order valence-corrected chi connectivity index (χ2v) is 10.1. The summed E-state index contributed by atoms with van der Waals surface area (Å²) in [6.45, 7) is 0. The van der Waals surface area contributed by atoms with Gasteiger partial charge in [0.25, 0.3) is 0 Å². The molecule has 0 spiro atoms. The Morgan fingerprint density at radius 3 is 1.46 bits per heavy atom. The minimum absolute atomic E-state index is 0.132. The molecule has 2 saturated heterocycles. The van der Waals surface area contributed by atoms with Gasteiger partial charge >= 0.3 is 11.9 Å². The summed E-state index contributed by atoms with van der Waals surface area (Å²) >= 11 is 0. The number of hydrogen-bond acceptors (Lipinski definition) is 4. The Labute approximate surface area is 140 Å². The number of fused-ring (bicyclic) bond motifs is 4. The van der Waals surface area contributed by atoms with Crippen molar-refractivity contribution in [1.29, 1.82) is 0 Å². The molecule has 0 N–H and O–H groups in total. The molecule has 0 aromatic rings. The largest absolute Gasteiger partial charge is 0.462 e. The molecule has 0 aromatic carbocycles. The summed E-state index contributed by atoms with van der Waals surface area (Å²) < 4.78 is 12.0. The Bertz CT molecular complexity index is 656. The fourth-order valence-corrected chi connectivity index (χ4v) is 10.5. The predicted octanol–water partition coefficient (Wildman–Crippen LogP) is 1.87. The molecule has 0 unspecified atom stereocenters. The summed E-state index contributed by atoms with van der Waals surface area (Å²) in [5.41, 5.74) is 0. The van der Waals surface area contributed by atoms with Crippen molar-refractivity contribution in [3.63, 3.8) is 0 Å². The smallest absolute Gasteiger partial charge is 0.309 e. The summed E-state index contributed by atoms with van der Waals surface area (Å²) in [7, 11) is 0. The molecule has 8 rings (SSSR count). The maximum atomic E-state index is 13.0. The van der Waals surface area contributed by atoms with Crippen molar-refractivity contribution in [3.8, 4) is 0 Å². The highest BCUT2D eigenvalue weighted by atomic mass is 16.6. The van der Waals surface area contributed by atoms with Crippen LogP contribution < -0.4 is 0 Å². The maximum Gasteiger partial charge on any atom is 0.309 e. The molecule has 14 atom stereocenters. The van der Waals surface area contributed by atoms with Gasteiger partial charge in [-0.05, 0) is 73.0 Å². The monoisotopic (exact) mass is 326 g/mol. The summed E-state index contributed by atoms with van der Waals surface area (Å²) in [5, 5.41) is 0. The van der Waals surface area contributed by atoms with Crippen molar-refractivity contribution in [2.24, 2.45) is 71.0 Å². The fourth-order valence-electron chi connectivity index (χ4n) is 10.5. The third-order valence-corrected chi connectivity index (χ3v) is 10.3. The van der Waals surface area contributed by atoms with Gasteiger partial charge in [0.15, 0.2) is 0 Å². The molecule has 0 radical (unpaired) electrons. The van der Waals surface area contributed by atoms with Crippen molar-refractivity contribution in [3.05, 3.63) is 0 Å². The van der Waals surface area contributed by atoms with Gasteiger partial charge in [0, 0.05) is 11.8 Å². The van der Waals surface area contributed by atoms with Crippen LogP contribution in [0.15, 0.2) is 0 Å². The van der Waals surface area contributed by atoms with E-state index >= 15 is 0 Å². The lowest BCUT2D eigenvalue weighted by Crippen LogP contribution is -2.46. The average Bonchev–Trinajstić information content (AvgIpc) is 3.29. The molecule has 4 heteroatoms.